The quantitative estimate of drug-likeness (QED) is 0.697. The van der Waals surface area contributed by atoms with Crippen LogP contribution in [0.5, 0.6) is 0 Å². The summed E-state index contributed by atoms with van der Waals surface area (Å²) in [4.78, 5) is 29.6. The van der Waals surface area contributed by atoms with Crippen LogP contribution in [0, 0.1) is 13.8 Å². The van der Waals surface area contributed by atoms with Gasteiger partial charge < -0.3 is 9.80 Å². The van der Waals surface area contributed by atoms with Crippen molar-refractivity contribution in [2.45, 2.75) is 13.8 Å². The molecule has 2 heterocycles. The highest BCUT2D eigenvalue weighted by molar-refractivity contribution is 6.28. The van der Waals surface area contributed by atoms with E-state index in [2.05, 4.69) is 0 Å². The minimum atomic E-state index is -0.0905. The maximum atomic E-state index is 13.0. The van der Waals surface area contributed by atoms with Crippen molar-refractivity contribution in [3.05, 3.63) is 70.0 Å². The number of anilines is 2. The first-order valence-corrected chi connectivity index (χ1v) is 7.92. The topological polar surface area (TPSA) is 40.6 Å². The van der Waals surface area contributed by atoms with E-state index in [1.54, 1.807) is 0 Å². The van der Waals surface area contributed by atoms with Gasteiger partial charge in [-0.2, -0.15) is 0 Å². The summed E-state index contributed by atoms with van der Waals surface area (Å²) in [6, 6.07) is 11.6. The first-order valence-electron chi connectivity index (χ1n) is 7.92. The van der Waals surface area contributed by atoms with Gasteiger partial charge in [0.05, 0.1) is 11.4 Å². The van der Waals surface area contributed by atoms with Crippen molar-refractivity contribution < 1.29 is 9.59 Å². The number of likely N-dealkylation sites (N-methyl/N-ethyl adjacent to an activating group) is 2. The summed E-state index contributed by atoms with van der Waals surface area (Å²) in [7, 11) is 3.69. The van der Waals surface area contributed by atoms with Crippen molar-refractivity contribution in [3.8, 4) is 0 Å². The summed E-state index contributed by atoms with van der Waals surface area (Å²) in [5, 5.41) is 0. The second-order valence-electron chi connectivity index (χ2n) is 6.51. The molecule has 2 aliphatic heterocycles. The van der Waals surface area contributed by atoms with Crippen LogP contribution in [0.4, 0.5) is 11.4 Å². The van der Waals surface area contributed by atoms with E-state index in [1.165, 1.54) is 0 Å². The van der Waals surface area contributed by atoms with Crippen LogP contribution in [0.25, 0.3) is 0 Å². The van der Waals surface area contributed by atoms with Gasteiger partial charge in [-0.25, -0.2) is 0 Å². The molecule has 0 amide bonds. The minimum absolute atomic E-state index is 0.0871. The lowest BCUT2D eigenvalue weighted by Crippen LogP contribution is -2.25. The van der Waals surface area contributed by atoms with E-state index in [4.69, 9.17) is 0 Å². The molecule has 0 bridgehead atoms. The Balaban J connectivity index is 1.93. The van der Waals surface area contributed by atoms with Gasteiger partial charge in [0.2, 0.25) is 11.6 Å². The Bertz CT molecular complexity index is 956. The number of nitrogens with zero attached hydrogens (tertiary/aromatic N) is 2. The van der Waals surface area contributed by atoms with Crippen LogP contribution in [0.2, 0.25) is 0 Å². The van der Waals surface area contributed by atoms with Gasteiger partial charge in [0.1, 0.15) is 11.4 Å². The van der Waals surface area contributed by atoms with Gasteiger partial charge in [-0.3, -0.25) is 9.59 Å². The Labute approximate surface area is 141 Å². The minimum Gasteiger partial charge on any atom is -0.339 e. The molecule has 24 heavy (non-hydrogen) atoms. The first kappa shape index (κ1) is 14.7. The largest absolute Gasteiger partial charge is 0.339 e. The van der Waals surface area contributed by atoms with Crippen molar-refractivity contribution in [2.75, 3.05) is 23.9 Å². The molecule has 0 aliphatic carbocycles. The molecule has 2 aromatic rings. The molecule has 0 unspecified atom stereocenters. The zero-order valence-electron chi connectivity index (χ0n) is 14.2. The van der Waals surface area contributed by atoms with Crippen LogP contribution < -0.4 is 9.80 Å². The summed E-state index contributed by atoms with van der Waals surface area (Å²) >= 11 is 0. The second kappa shape index (κ2) is 4.81. The first-order chi connectivity index (χ1) is 11.4. The number of aryl methyl sites for hydroxylation is 2. The van der Waals surface area contributed by atoms with Gasteiger partial charge in [0.15, 0.2) is 0 Å². The third-order valence-electron chi connectivity index (χ3n) is 4.84. The molecule has 4 nitrogen and oxygen atoms in total. The van der Waals surface area contributed by atoms with Crippen LogP contribution >= 0.6 is 0 Å². The van der Waals surface area contributed by atoms with E-state index < -0.39 is 0 Å². The van der Waals surface area contributed by atoms with Crippen LogP contribution in [0.15, 0.2) is 47.8 Å². The van der Waals surface area contributed by atoms with E-state index in [9.17, 15) is 9.59 Å². The number of benzene rings is 2. The van der Waals surface area contributed by atoms with Crippen LogP contribution in [0.3, 0.4) is 0 Å². The number of hydrogen-bond donors (Lipinski definition) is 0. The zero-order chi connectivity index (χ0) is 17.2. The number of fused-ring (bicyclic) bond motifs is 2. The lowest BCUT2D eigenvalue weighted by atomic mass is 10.1. The van der Waals surface area contributed by atoms with Gasteiger partial charge in [0.25, 0.3) is 0 Å². The normalized spacial score (nSPS) is 19.2. The molecule has 2 aromatic carbocycles. The monoisotopic (exact) mass is 318 g/mol. The van der Waals surface area contributed by atoms with Gasteiger partial charge in [-0.05, 0) is 43.7 Å². The Morgan fingerprint density at radius 3 is 1.92 bits per heavy atom. The maximum absolute atomic E-state index is 13.0. The van der Waals surface area contributed by atoms with Crippen molar-refractivity contribution in [1.82, 2.24) is 0 Å². The lowest BCUT2D eigenvalue weighted by molar-refractivity contribution is 0.100. The zero-order valence-corrected chi connectivity index (χ0v) is 14.2. The summed E-state index contributed by atoms with van der Waals surface area (Å²) in [5.41, 5.74) is 6.05. The second-order valence-corrected chi connectivity index (χ2v) is 6.51. The molecule has 0 atom stereocenters. The lowest BCUT2D eigenvalue weighted by Gasteiger charge is -2.20. The highest BCUT2D eigenvalue weighted by Gasteiger charge is 2.40. The molecular formula is C20H18N2O2. The van der Waals surface area contributed by atoms with Crippen molar-refractivity contribution >= 4 is 22.9 Å². The molecule has 0 N–H and O–H groups in total. The Hall–Kier alpha value is -2.88. The Kier molecular flexibility index (Phi) is 2.94. The fourth-order valence-corrected chi connectivity index (χ4v) is 3.57. The molecule has 2 aliphatic rings. The summed E-state index contributed by atoms with van der Waals surface area (Å²) in [6.07, 6.45) is 0. The summed E-state index contributed by atoms with van der Waals surface area (Å²) in [5.74, 6) is -0.178. The van der Waals surface area contributed by atoms with Crippen LogP contribution in [-0.4, -0.2) is 25.7 Å². The number of rotatable bonds is 0. The fourth-order valence-electron chi connectivity index (χ4n) is 3.57. The standard InChI is InChI=1S/C20H18N2O2/c1-11-6-8-15-14(9-11)20(24)18(21(15)3)17-19(23)13-7-5-12(2)10-16(13)22(17)4/h5-10H,1-4H3/b18-17+. The number of carbonyl (C=O) groups excluding carboxylic acids is 2. The number of ketones is 2. The number of hydrogen-bond acceptors (Lipinski definition) is 4. The van der Waals surface area contributed by atoms with Crippen molar-refractivity contribution in [3.63, 3.8) is 0 Å². The molecule has 4 rings (SSSR count). The average molecular weight is 318 g/mol. The van der Waals surface area contributed by atoms with E-state index in [0.29, 0.717) is 22.5 Å². The third kappa shape index (κ3) is 1.80. The Morgan fingerprint density at radius 2 is 1.21 bits per heavy atom. The van der Waals surface area contributed by atoms with Gasteiger partial charge >= 0.3 is 0 Å². The average Bonchev–Trinajstić information content (AvgIpc) is 2.92. The molecule has 120 valence electrons. The van der Waals surface area contributed by atoms with Crippen molar-refractivity contribution in [1.29, 1.82) is 0 Å². The van der Waals surface area contributed by atoms with E-state index >= 15 is 0 Å². The number of Topliss-reactive ketones (excluding diaryl/α,β-unsaturated/α-hetero) is 2. The summed E-state index contributed by atoms with van der Waals surface area (Å²) < 4.78 is 0. The van der Waals surface area contributed by atoms with Crippen molar-refractivity contribution in [2.24, 2.45) is 0 Å². The van der Waals surface area contributed by atoms with E-state index in [-0.39, 0.29) is 11.6 Å². The maximum Gasteiger partial charge on any atom is 0.213 e. The molecule has 0 radical (unpaired) electrons. The van der Waals surface area contributed by atoms with Gasteiger partial charge in [0, 0.05) is 25.2 Å². The van der Waals surface area contributed by atoms with Gasteiger partial charge in [-0.1, -0.05) is 17.7 Å². The molecule has 0 saturated carbocycles. The number of carbonyl (C=O) groups is 2. The predicted octanol–water partition coefficient (Wildman–Crippen LogP) is 3.48. The third-order valence-corrected chi connectivity index (χ3v) is 4.84. The molecule has 4 heteroatoms. The van der Waals surface area contributed by atoms with E-state index in [1.807, 2.05) is 74.1 Å². The van der Waals surface area contributed by atoms with Crippen LogP contribution in [-0.2, 0) is 0 Å². The predicted molar refractivity (Wildman–Crippen MR) is 94.9 cm³/mol. The van der Waals surface area contributed by atoms with E-state index in [0.717, 1.165) is 22.5 Å². The highest BCUT2D eigenvalue weighted by Crippen LogP contribution is 2.41. The summed E-state index contributed by atoms with van der Waals surface area (Å²) in [6.45, 7) is 3.96. The molecule has 0 saturated heterocycles. The Morgan fingerprint density at radius 1 is 0.667 bits per heavy atom. The number of allylic oxidation sites excluding steroid dienone is 2. The molecular weight excluding hydrogens is 300 g/mol. The fraction of sp³-hybridized carbons (Fsp3) is 0.200. The van der Waals surface area contributed by atoms with Gasteiger partial charge in [-0.15, -0.1) is 0 Å². The SMILES string of the molecule is Cc1ccc2c(c1)C(=O)/C(=C1/C(=O)c3ccc(C)cc3N1C)N2C. The molecule has 0 aromatic heterocycles. The smallest absolute Gasteiger partial charge is 0.213 e. The van der Waals surface area contributed by atoms with Crippen LogP contribution in [0.1, 0.15) is 31.8 Å². The molecule has 0 spiro atoms. The molecule has 0 fully saturated rings. The highest BCUT2D eigenvalue weighted by atomic mass is 16.1.